The fraction of sp³-hybridized carbons (Fsp3) is 0.478. The van der Waals surface area contributed by atoms with Crippen molar-refractivity contribution in [3.8, 4) is 0 Å². The van der Waals surface area contributed by atoms with E-state index >= 15 is 0 Å². The number of hydrogen-bond donors (Lipinski definition) is 1. The zero-order valence-corrected chi connectivity index (χ0v) is 18.5. The molecule has 31 heavy (non-hydrogen) atoms. The van der Waals surface area contributed by atoms with Crippen LogP contribution >= 0.6 is 0 Å². The topological polar surface area (TPSA) is 87.7 Å². The molecule has 2 saturated heterocycles. The highest BCUT2D eigenvalue weighted by Gasteiger charge is 2.43. The van der Waals surface area contributed by atoms with Gasteiger partial charge in [-0.2, -0.15) is 0 Å². The maximum atomic E-state index is 12.6. The number of nitrogens with zero attached hydrogens (tertiary/aromatic N) is 4. The summed E-state index contributed by atoms with van der Waals surface area (Å²) in [4.78, 5) is 37.7. The number of aromatic nitrogens is 2. The molecule has 1 aromatic heterocycles. The van der Waals surface area contributed by atoms with Crippen molar-refractivity contribution in [1.82, 2.24) is 14.9 Å². The summed E-state index contributed by atoms with van der Waals surface area (Å²) in [6.45, 7) is 10.5. The number of carbonyl (C=O) groups is 2. The van der Waals surface area contributed by atoms with Gasteiger partial charge in [-0.15, -0.1) is 0 Å². The molecule has 2 fully saturated rings. The van der Waals surface area contributed by atoms with Gasteiger partial charge in [0.25, 0.3) is 5.91 Å². The van der Waals surface area contributed by atoms with Crippen molar-refractivity contribution in [3.05, 3.63) is 47.9 Å². The third-order valence-electron chi connectivity index (χ3n) is 5.59. The smallest absolute Gasteiger partial charge is 0.410 e. The van der Waals surface area contributed by atoms with Crippen LogP contribution in [0.3, 0.4) is 0 Å². The zero-order chi connectivity index (χ0) is 22.2. The van der Waals surface area contributed by atoms with Gasteiger partial charge in [0.05, 0.1) is 12.4 Å². The van der Waals surface area contributed by atoms with E-state index in [2.05, 4.69) is 20.2 Å². The van der Waals surface area contributed by atoms with Crippen LogP contribution in [0.5, 0.6) is 0 Å². The molecule has 1 N–H and O–H groups in total. The number of benzene rings is 1. The molecule has 0 aliphatic carbocycles. The van der Waals surface area contributed by atoms with E-state index in [1.54, 1.807) is 11.1 Å². The second kappa shape index (κ2) is 8.17. The molecule has 2 amide bonds. The first-order valence-corrected chi connectivity index (χ1v) is 10.6. The lowest BCUT2D eigenvalue weighted by Gasteiger charge is -2.26. The lowest BCUT2D eigenvalue weighted by molar-refractivity contribution is 0.0282. The molecule has 8 nitrogen and oxygen atoms in total. The minimum Gasteiger partial charge on any atom is -0.444 e. The molecule has 2 atom stereocenters. The highest BCUT2D eigenvalue weighted by atomic mass is 16.6. The molecular weight excluding hydrogens is 394 g/mol. The monoisotopic (exact) mass is 423 g/mol. The Bertz CT molecular complexity index is 973. The Morgan fingerprint density at radius 3 is 2.45 bits per heavy atom. The van der Waals surface area contributed by atoms with Crippen LogP contribution in [0.25, 0.3) is 0 Å². The molecule has 164 valence electrons. The number of fused-ring (bicyclic) bond motifs is 1. The van der Waals surface area contributed by atoms with Crippen molar-refractivity contribution >= 4 is 23.5 Å². The number of rotatable bonds is 3. The number of carbonyl (C=O) groups excluding carboxylic acids is 2. The number of ether oxygens (including phenoxy) is 1. The Morgan fingerprint density at radius 2 is 1.81 bits per heavy atom. The highest BCUT2D eigenvalue weighted by molar-refractivity contribution is 6.02. The van der Waals surface area contributed by atoms with E-state index in [9.17, 15) is 9.59 Å². The number of hydrogen-bond acceptors (Lipinski definition) is 6. The van der Waals surface area contributed by atoms with E-state index in [0.717, 1.165) is 24.3 Å². The zero-order valence-electron chi connectivity index (χ0n) is 18.5. The molecule has 2 aliphatic heterocycles. The maximum absolute atomic E-state index is 12.6. The quantitative estimate of drug-likeness (QED) is 0.815. The molecule has 3 heterocycles. The van der Waals surface area contributed by atoms with E-state index in [1.807, 2.05) is 52.0 Å². The van der Waals surface area contributed by atoms with E-state index in [4.69, 9.17) is 4.74 Å². The summed E-state index contributed by atoms with van der Waals surface area (Å²) in [6.07, 6.45) is 2.93. The molecule has 0 bridgehead atoms. The van der Waals surface area contributed by atoms with Gasteiger partial charge in [-0.3, -0.25) is 9.78 Å². The molecule has 0 unspecified atom stereocenters. The number of nitrogens with one attached hydrogen (secondary N) is 1. The molecule has 1 aromatic carbocycles. The van der Waals surface area contributed by atoms with Crippen molar-refractivity contribution in [3.63, 3.8) is 0 Å². The van der Waals surface area contributed by atoms with E-state index < -0.39 is 5.60 Å². The van der Waals surface area contributed by atoms with Crippen LogP contribution in [0.4, 0.5) is 16.3 Å². The average Bonchev–Trinajstić information content (AvgIpc) is 3.26. The van der Waals surface area contributed by atoms with Crippen LogP contribution in [0.15, 0.2) is 36.7 Å². The number of anilines is 2. The van der Waals surface area contributed by atoms with Crippen LogP contribution in [0, 0.1) is 18.8 Å². The standard InChI is InChI=1S/C23H29N5O3/c1-15-6-5-7-18(8-15)25-21(29)19-9-24-10-20(26-19)27-11-16-13-28(14-17(16)12-27)22(30)31-23(2,3)4/h5-10,16-17H,11-14H2,1-4H3,(H,25,29)/t16-,17+. The second-order valence-corrected chi connectivity index (χ2v) is 9.40. The Morgan fingerprint density at radius 1 is 1.10 bits per heavy atom. The summed E-state index contributed by atoms with van der Waals surface area (Å²) in [5.74, 6) is 1.13. The summed E-state index contributed by atoms with van der Waals surface area (Å²) in [7, 11) is 0. The normalized spacial score (nSPS) is 20.5. The Hall–Kier alpha value is -3.16. The van der Waals surface area contributed by atoms with Gasteiger partial charge < -0.3 is 19.9 Å². The fourth-order valence-corrected chi connectivity index (χ4v) is 4.19. The average molecular weight is 424 g/mol. The summed E-state index contributed by atoms with van der Waals surface area (Å²) in [6, 6.07) is 7.63. The summed E-state index contributed by atoms with van der Waals surface area (Å²) >= 11 is 0. The molecule has 4 rings (SSSR count). The Balaban J connectivity index is 1.38. The van der Waals surface area contributed by atoms with Gasteiger partial charge in [0.2, 0.25) is 0 Å². The van der Waals surface area contributed by atoms with Crippen LogP contribution < -0.4 is 10.2 Å². The number of amides is 2. The molecule has 8 heteroatoms. The highest BCUT2D eigenvalue weighted by Crippen LogP contribution is 2.33. The lowest BCUT2D eigenvalue weighted by Crippen LogP contribution is -2.37. The van der Waals surface area contributed by atoms with Crippen LogP contribution in [0.1, 0.15) is 36.8 Å². The van der Waals surface area contributed by atoms with Gasteiger partial charge in [-0.25, -0.2) is 9.78 Å². The van der Waals surface area contributed by atoms with E-state index in [0.29, 0.717) is 30.7 Å². The molecule has 0 saturated carbocycles. The first kappa shape index (κ1) is 21.1. The first-order valence-electron chi connectivity index (χ1n) is 10.6. The minimum absolute atomic E-state index is 0.247. The van der Waals surface area contributed by atoms with Gasteiger partial charge in [0.15, 0.2) is 0 Å². The maximum Gasteiger partial charge on any atom is 0.410 e. The second-order valence-electron chi connectivity index (χ2n) is 9.40. The third-order valence-corrected chi connectivity index (χ3v) is 5.59. The molecule has 2 aromatic rings. The molecule has 0 spiro atoms. The first-order chi connectivity index (χ1) is 14.7. The Kier molecular flexibility index (Phi) is 5.56. The molecule has 0 radical (unpaired) electrons. The van der Waals surface area contributed by atoms with Crippen molar-refractivity contribution in [2.24, 2.45) is 11.8 Å². The van der Waals surface area contributed by atoms with Gasteiger partial charge in [0.1, 0.15) is 17.1 Å². The van der Waals surface area contributed by atoms with E-state index in [1.165, 1.54) is 6.20 Å². The SMILES string of the molecule is Cc1cccc(NC(=O)c2cncc(N3C[C@H]4CN(C(=O)OC(C)(C)C)C[C@H]4C3)n2)c1. The summed E-state index contributed by atoms with van der Waals surface area (Å²) in [5, 5.41) is 2.88. The minimum atomic E-state index is -0.490. The molecular formula is C23H29N5O3. The predicted molar refractivity (Wildman–Crippen MR) is 118 cm³/mol. The van der Waals surface area contributed by atoms with Gasteiger partial charge in [-0.1, -0.05) is 12.1 Å². The largest absolute Gasteiger partial charge is 0.444 e. The summed E-state index contributed by atoms with van der Waals surface area (Å²) in [5.41, 5.74) is 1.60. The number of likely N-dealkylation sites (tertiary alicyclic amines) is 1. The van der Waals surface area contributed by atoms with Gasteiger partial charge in [0, 0.05) is 43.7 Å². The lowest BCUT2D eigenvalue weighted by atomic mass is 10.0. The van der Waals surface area contributed by atoms with Gasteiger partial charge in [-0.05, 0) is 45.4 Å². The van der Waals surface area contributed by atoms with Crippen molar-refractivity contribution in [2.45, 2.75) is 33.3 Å². The molecule has 2 aliphatic rings. The third kappa shape index (κ3) is 4.95. The van der Waals surface area contributed by atoms with Crippen LogP contribution in [0.2, 0.25) is 0 Å². The summed E-state index contributed by atoms with van der Waals surface area (Å²) < 4.78 is 5.50. The van der Waals surface area contributed by atoms with E-state index in [-0.39, 0.29) is 17.7 Å². The fourth-order valence-electron chi connectivity index (χ4n) is 4.19. The van der Waals surface area contributed by atoms with Crippen molar-refractivity contribution in [2.75, 3.05) is 36.4 Å². The van der Waals surface area contributed by atoms with Crippen LogP contribution in [-0.4, -0.2) is 58.6 Å². The van der Waals surface area contributed by atoms with Crippen LogP contribution in [-0.2, 0) is 4.74 Å². The van der Waals surface area contributed by atoms with Gasteiger partial charge >= 0.3 is 6.09 Å². The number of aryl methyl sites for hydroxylation is 1. The van der Waals surface area contributed by atoms with Crippen molar-refractivity contribution < 1.29 is 14.3 Å². The van der Waals surface area contributed by atoms with Crippen molar-refractivity contribution in [1.29, 1.82) is 0 Å². The Labute approximate surface area is 182 Å². The predicted octanol–water partition coefficient (Wildman–Crippen LogP) is 3.34.